The molecule has 1 aliphatic heterocycles. The van der Waals surface area contributed by atoms with Crippen molar-refractivity contribution in [2.75, 3.05) is 13.7 Å². The maximum atomic E-state index is 10.9. The largest absolute Gasteiger partial charge is 0.507 e. The summed E-state index contributed by atoms with van der Waals surface area (Å²) >= 11 is 0. The van der Waals surface area contributed by atoms with E-state index in [1.165, 1.54) is 0 Å². The Kier molecular flexibility index (Phi) is 5.83. The number of phenolic OH excluding ortho intramolecular Hbond substituents is 1. The summed E-state index contributed by atoms with van der Waals surface area (Å²) in [6, 6.07) is 9.58. The second-order valence-corrected chi connectivity index (χ2v) is 8.79. The van der Waals surface area contributed by atoms with Gasteiger partial charge in [0.15, 0.2) is 0 Å². The lowest BCUT2D eigenvalue weighted by Gasteiger charge is -2.36. The molecule has 30 heavy (non-hydrogen) atoms. The summed E-state index contributed by atoms with van der Waals surface area (Å²) in [6.45, 7) is 8.28. The van der Waals surface area contributed by atoms with E-state index in [4.69, 9.17) is 9.47 Å². The Balaban J connectivity index is 1.91. The quantitative estimate of drug-likeness (QED) is 0.355. The Labute approximate surface area is 176 Å². The number of aromatic hydroxyl groups is 1. The number of hydrogen-bond donors (Lipinski definition) is 1. The molecule has 0 saturated carbocycles. The van der Waals surface area contributed by atoms with Gasteiger partial charge in [-0.25, -0.2) is 0 Å². The van der Waals surface area contributed by atoms with E-state index in [-0.39, 0.29) is 17.8 Å². The minimum absolute atomic E-state index is 0.0917. The number of unbranched alkanes of at least 4 members (excludes halogenated alkanes) is 1. The van der Waals surface area contributed by atoms with Gasteiger partial charge < -0.3 is 19.4 Å². The predicted molar refractivity (Wildman–Crippen MR) is 114 cm³/mol. The molecule has 7 heteroatoms. The van der Waals surface area contributed by atoms with E-state index in [9.17, 15) is 15.2 Å². The molecule has 0 aliphatic carbocycles. The number of hydrogen-bond acceptors (Lipinski definition) is 6. The van der Waals surface area contributed by atoms with E-state index < -0.39 is 10.7 Å². The summed E-state index contributed by atoms with van der Waals surface area (Å²) in [5.41, 5.74) is 2.72. The molecular weight excluding hydrogens is 386 g/mol. The monoisotopic (exact) mass is 415 g/mol. The van der Waals surface area contributed by atoms with Crippen LogP contribution in [0.4, 0.5) is 0 Å². The third-order valence-corrected chi connectivity index (χ3v) is 5.77. The highest BCUT2D eigenvalue weighted by molar-refractivity contribution is 5.83. The molecule has 7 nitrogen and oxygen atoms in total. The fraction of sp³-hybridized carbons (Fsp3) is 0.478. The highest BCUT2D eigenvalue weighted by atomic mass is 16.9. The number of phenols is 1. The summed E-state index contributed by atoms with van der Waals surface area (Å²) in [6.07, 6.45) is 2.16. The second-order valence-electron chi connectivity index (χ2n) is 8.79. The van der Waals surface area contributed by atoms with Crippen molar-refractivity contribution in [3.8, 4) is 28.4 Å². The van der Waals surface area contributed by atoms with Crippen LogP contribution in [0, 0.1) is 10.1 Å². The van der Waals surface area contributed by atoms with Crippen LogP contribution in [0.3, 0.4) is 0 Å². The standard InChI is InChI=1S/C23H29NO6/c1-22(2,10-6-7-11-29-24(26)27)15-12-19(25)21-17-14-16(28-5)8-9-18(17)23(3,4)30-20(21)13-15/h8-9,12-14,25H,6-7,10-11H2,1-5H3. The molecule has 0 unspecified atom stereocenters. The molecule has 0 spiro atoms. The smallest absolute Gasteiger partial charge is 0.294 e. The highest BCUT2D eigenvalue weighted by Gasteiger charge is 2.35. The Morgan fingerprint density at radius 3 is 2.60 bits per heavy atom. The summed E-state index contributed by atoms with van der Waals surface area (Å²) in [5.74, 6) is 1.52. The van der Waals surface area contributed by atoms with Gasteiger partial charge in [-0.15, -0.1) is 10.1 Å². The molecule has 0 bridgehead atoms. The fourth-order valence-electron chi connectivity index (χ4n) is 4.01. The molecule has 0 aromatic heterocycles. The minimum atomic E-state index is -0.765. The number of methoxy groups -OCH3 is 1. The van der Waals surface area contributed by atoms with Gasteiger partial charge in [0.1, 0.15) is 22.8 Å². The average Bonchev–Trinajstić information content (AvgIpc) is 2.66. The normalized spacial score (nSPS) is 14.3. The number of fused-ring (bicyclic) bond motifs is 3. The van der Waals surface area contributed by atoms with Gasteiger partial charge >= 0.3 is 0 Å². The molecule has 0 saturated heterocycles. The molecule has 162 valence electrons. The maximum absolute atomic E-state index is 10.9. The van der Waals surface area contributed by atoms with Crippen LogP contribution < -0.4 is 9.47 Å². The summed E-state index contributed by atoms with van der Waals surface area (Å²) in [5, 5.41) is 20.4. The number of nitrogens with zero attached hydrogens (tertiary/aromatic N) is 1. The van der Waals surface area contributed by atoms with Gasteiger partial charge in [0, 0.05) is 5.56 Å². The van der Waals surface area contributed by atoms with Crippen molar-refractivity contribution >= 4 is 0 Å². The van der Waals surface area contributed by atoms with Crippen molar-refractivity contribution in [2.45, 2.75) is 58.0 Å². The Morgan fingerprint density at radius 1 is 1.20 bits per heavy atom. The van der Waals surface area contributed by atoms with Gasteiger partial charge in [-0.3, -0.25) is 0 Å². The lowest BCUT2D eigenvalue weighted by Crippen LogP contribution is -2.29. The zero-order valence-corrected chi connectivity index (χ0v) is 18.2. The molecule has 0 fully saturated rings. The van der Waals surface area contributed by atoms with Gasteiger partial charge in [0.2, 0.25) is 0 Å². The van der Waals surface area contributed by atoms with Crippen LogP contribution in [0.1, 0.15) is 58.1 Å². The third kappa shape index (κ3) is 4.30. The van der Waals surface area contributed by atoms with Crippen LogP contribution in [0.2, 0.25) is 0 Å². The minimum Gasteiger partial charge on any atom is -0.507 e. The van der Waals surface area contributed by atoms with E-state index in [1.807, 2.05) is 38.1 Å². The van der Waals surface area contributed by atoms with Gasteiger partial charge in [0.05, 0.1) is 19.3 Å². The lowest BCUT2D eigenvalue weighted by atomic mass is 9.78. The first-order valence-electron chi connectivity index (χ1n) is 10.1. The van der Waals surface area contributed by atoms with E-state index in [2.05, 4.69) is 18.7 Å². The van der Waals surface area contributed by atoms with Crippen LogP contribution in [0.15, 0.2) is 30.3 Å². The van der Waals surface area contributed by atoms with Gasteiger partial charge in [-0.1, -0.05) is 26.3 Å². The molecule has 0 radical (unpaired) electrons. The Hall–Kier alpha value is -2.96. The highest BCUT2D eigenvalue weighted by Crippen LogP contribution is 2.51. The molecule has 2 aromatic carbocycles. The zero-order valence-electron chi connectivity index (χ0n) is 18.2. The van der Waals surface area contributed by atoms with Crippen molar-refractivity contribution in [1.82, 2.24) is 0 Å². The van der Waals surface area contributed by atoms with Gasteiger partial charge in [-0.05, 0) is 67.5 Å². The molecule has 1 aliphatic rings. The third-order valence-electron chi connectivity index (χ3n) is 5.77. The first-order valence-corrected chi connectivity index (χ1v) is 10.1. The zero-order chi connectivity index (χ0) is 22.1. The first kappa shape index (κ1) is 21.7. The molecule has 2 aromatic rings. The molecule has 3 rings (SSSR count). The van der Waals surface area contributed by atoms with Crippen LogP contribution >= 0.6 is 0 Å². The van der Waals surface area contributed by atoms with E-state index in [0.717, 1.165) is 35.3 Å². The molecular formula is C23H29NO6. The summed E-state index contributed by atoms with van der Waals surface area (Å²) in [7, 11) is 1.62. The fourth-order valence-corrected chi connectivity index (χ4v) is 4.01. The molecule has 1 N–H and O–H groups in total. The number of rotatable bonds is 8. The van der Waals surface area contributed by atoms with Crippen molar-refractivity contribution in [3.05, 3.63) is 51.6 Å². The first-order chi connectivity index (χ1) is 14.0. The van der Waals surface area contributed by atoms with Crippen LogP contribution in [-0.2, 0) is 15.9 Å². The van der Waals surface area contributed by atoms with E-state index >= 15 is 0 Å². The van der Waals surface area contributed by atoms with E-state index in [1.54, 1.807) is 13.2 Å². The van der Waals surface area contributed by atoms with Crippen LogP contribution in [-0.4, -0.2) is 23.9 Å². The average molecular weight is 415 g/mol. The molecule has 0 amide bonds. The Morgan fingerprint density at radius 2 is 1.93 bits per heavy atom. The van der Waals surface area contributed by atoms with Crippen molar-refractivity contribution in [3.63, 3.8) is 0 Å². The summed E-state index contributed by atoms with van der Waals surface area (Å²) in [4.78, 5) is 14.7. The van der Waals surface area contributed by atoms with Crippen molar-refractivity contribution in [1.29, 1.82) is 0 Å². The summed E-state index contributed by atoms with van der Waals surface area (Å²) < 4.78 is 11.7. The Bertz CT molecular complexity index is 951. The van der Waals surface area contributed by atoms with Gasteiger partial charge in [0.25, 0.3) is 5.09 Å². The maximum Gasteiger partial charge on any atom is 0.294 e. The van der Waals surface area contributed by atoms with Crippen LogP contribution in [0.25, 0.3) is 11.1 Å². The second kappa shape index (κ2) is 8.05. The predicted octanol–water partition coefficient (Wildman–Crippen LogP) is 5.35. The van der Waals surface area contributed by atoms with Crippen LogP contribution in [0.5, 0.6) is 17.2 Å². The number of ether oxygens (including phenoxy) is 2. The van der Waals surface area contributed by atoms with Crippen molar-refractivity contribution in [2.24, 2.45) is 0 Å². The number of benzene rings is 2. The lowest BCUT2D eigenvalue weighted by molar-refractivity contribution is -0.757. The van der Waals surface area contributed by atoms with Gasteiger partial charge in [-0.2, -0.15) is 0 Å². The molecule has 0 atom stereocenters. The topological polar surface area (TPSA) is 91.1 Å². The molecule has 1 heterocycles. The van der Waals surface area contributed by atoms with Crippen molar-refractivity contribution < 1.29 is 24.5 Å². The van der Waals surface area contributed by atoms with E-state index in [0.29, 0.717) is 17.7 Å². The SMILES string of the molecule is COc1ccc2c(c1)-c1c(O)cc(C(C)(C)CCCCO[N+](=O)[O-])cc1OC2(C)C.